The molecule has 0 atom stereocenters. The lowest BCUT2D eigenvalue weighted by Gasteiger charge is -2.10. The molecule has 2 N–H and O–H groups in total. The van der Waals surface area contributed by atoms with Crippen LogP contribution in [0.4, 0.5) is 13.2 Å². The molecule has 0 radical (unpaired) electrons. The van der Waals surface area contributed by atoms with Gasteiger partial charge in [0.1, 0.15) is 23.5 Å². The fourth-order valence-corrected chi connectivity index (χ4v) is 3.36. The van der Waals surface area contributed by atoms with E-state index in [1.807, 2.05) is 18.2 Å². The Labute approximate surface area is 199 Å². The van der Waals surface area contributed by atoms with Crippen LogP contribution in [0.3, 0.4) is 0 Å². The molecule has 178 valence electrons. The van der Waals surface area contributed by atoms with Gasteiger partial charge in [0.05, 0.1) is 12.2 Å². The van der Waals surface area contributed by atoms with Crippen LogP contribution in [0.25, 0.3) is 0 Å². The number of ether oxygens (including phenoxy) is 1. The van der Waals surface area contributed by atoms with E-state index in [0.717, 1.165) is 41.8 Å². The van der Waals surface area contributed by atoms with Crippen LogP contribution in [-0.4, -0.2) is 28.4 Å². The highest BCUT2D eigenvalue weighted by Gasteiger charge is 2.30. The van der Waals surface area contributed by atoms with Crippen molar-refractivity contribution in [3.63, 3.8) is 0 Å². The molecule has 1 aromatic heterocycles. The summed E-state index contributed by atoms with van der Waals surface area (Å²) in [5.74, 6) is -0.273. The van der Waals surface area contributed by atoms with Crippen molar-refractivity contribution >= 4 is 24.2 Å². The minimum Gasteiger partial charge on any atom is -0.493 e. The molecule has 1 aliphatic heterocycles. The van der Waals surface area contributed by atoms with Gasteiger partial charge in [-0.1, -0.05) is 24.3 Å². The van der Waals surface area contributed by atoms with E-state index in [4.69, 9.17) is 4.74 Å². The number of benzene rings is 2. The third-order valence-corrected chi connectivity index (χ3v) is 5.05. The third kappa shape index (κ3) is 6.02. The first-order valence-corrected chi connectivity index (χ1v) is 10.1. The highest BCUT2D eigenvalue weighted by atomic mass is 35.5. The average Bonchev–Trinajstić information content (AvgIpc) is 3.28. The quantitative estimate of drug-likeness (QED) is 0.547. The van der Waals surface area contributed by atoms with E-state index in [1.165, 1.54) is 18.2 Å². The van der Waals surface area contributed by atoms with E-state index >= 15 is 0 Å². The number of alkyl halides is 3. The zero-order valence-electron chi connectivity index (χ0n) is 17.7. The SMILES string of the molecule is Cl.O=C(NCc1cccc(C(F)(F)F)c1)c1cc(C(=O)NCc2ccc3c(c2)CCO3)ncn1. The molecule has 2 aromatic carbocycles. The van der Waals surface area contributed by atoms with Gasteiger partial charge in [-0.3, -0.25) is 9.59 Å². The van der Waals surface area contributed by atoms with E-state index < -0.39 is 23.6 Å². The van der Waals surface area contributed by atoms with Crippen molar-refractivity contribution in [2.24, 2.45) is 0 Å². The normalized spacial score (nSPS) is 12.2. The predicted molar refractivity (Wildman–Crippen MR) is 119 cm³/mol. The fraction of sp³-hybridized carbons (Fsp3) is 0.217. The van der Waals surface area contributed by atoms with Gasteiger partial charge in [0.2, 0.25) is 0 Å². The fourth-order valence-electron chi connectivity index (χ4n) is 3.36. The summed E-state index contributed by atoms with van der Waals surface area (Å²) < 4.78 is 44.0. The summed E-state index contributed by atoms with van der Waals surface area (Å²) in [5.41, 5.74) is 1.40. The van der Waals surface area contributed by atoms with Crippen LogP contribution >= 0.6 is 12.4 Å². The largest absolute Gasteiger partial charge is 0.493 e. The molecule has 0 fully saturated rings. The molecule has 34 heavy (non-hydrogen) atoms. The van der Waals surface area contributed by atoms with Gasteiger partial charge in [-0.25, -0.2) is 9.97 Å². The molecular formula is C23H20ClF3N4O3. The average molecular weight is 493 g/mol. The van der Waals surface area contributed by atoms with Gasteiger partial charge in [0.15, 0.2) is 0 Å². The standard InChI is InChI=1S/C23H19F3N4O3.ClH/c24-23(25,26)17-3-1-2-14(9-17)11-27-21(31)18-10-19(30-13-29-18)22(32)28-12-15-4-5-20-16(8-15)6-7-33-20;/h1-5,8-10,13H,6-7,11-12H2,(H,27,31)(H,28,32);1H. The van der Waals surface area contributed by atoms with Crippen molar-refractivity contribution < 1.29 is 27.5 Å². The second-order valence-corrected chi connectivity index (χ2v) is 7.39. The summed E-state index contributed by atoms with van der Waals surface area (Å²) in [6.45, 7) is 0.786. The summed E-state index contributed by atoms with van der Waals surface area (Å²) in [4.78, 5) is 32.6. The number of amides is 2. The summed E-state index contributed by atoms with van der Waals surface area (Å²) in [6.07, 6.45) is -2.56. The van der Waals surface area contributed by atoms with Crippen molar-refractivity contribution in [2.75, 3.05) is 6.61 Å². The lowest BCUT2D eigenvalue weighted by atomic mass is 10.1. The summed E-state index contributed by atoms with van der Waals surface area (Å²) in [5, 5.41) is 5.24. The van der Waals surface area contributed by atoms with Crippen LogP contribution in [-0.2, 0) is 25.7 Å². The first kappa shape index (κ1) is 25.0. The molecular weight excluding hydrogens is 473 g/mol. The second-order valence-electron chi connectivity index (χ2n) is 7.39. The minimum absolute atomic E-state index is 0. The van der Waals surface area contributed by atoms with Gasteiger partial charge >= 0.3 is 6.18 Å². The van der Waals surface area contributed by atoms with Gasteiger partial charge in [-0.2, -0.15) is 13.2 Å². The first-order chi connectivity index (χ1) is 15.8. The molecule has 0 saturated carbocycles. The van der Waals surface area contributed by atoms with Crippen LogP contribution in [0.15, 0.2) is 54.9 Å². The third-order valence-electron chi connectivity index (χ3n) is 5.05. The van der Waals surface area contributed by atoms with Crippen LogP contribution in [0.5, 0.6) is 5.75 Å². The predicted octanol–water partition coefficient (Wildman–Crippen LogP) is 3.71. The smallest absolute Gasteiger partial charge is 0.416 e. The Morgan fingerprint density at radius 3 is 2.21 bits per heavy atom. The lowest BCUT2D eigenvalue weighted by molar-refractivity contribution is -0.137. The number of carbonyl (C=O) groups is 2. The maximum absolute atomic E-state index is 12.8. The number of hydrogen-bond acceptors (Lipinski definition) is 5. The number of aromatic nitrogens is 2. The molecule has 11 heteroatoms. The Bertz CT molecular complexity index is 1200. The van der Waals surface area contributed by atoms with Crippen LogP contribution in [0, 0.1) is 0 Å². The topological polar surface area (TPSA) is 93.2 Å². The number of rotatable bonds is 6. The molecule has 2 amide bonds. The molecule has 1 aliphatic rings. The Morgan fingerprint density at radius 2 is 1.56 bits per heavy atom. The van der Waals surface area contributed by atoms with E-state index in [9.17, 15) is 22.8 Å². The first-order valence-electron chi connectivity index (χ1n) is 10.1. The number of hydrogen-bond donors (Lipinski definition) is 2. The van der Waals surface area contributed by atoms with E-state index in [1.54, 1.807) is 0 Å². The maximum Gasteiger partial charge on any atom is 0.416 e. The molecule has 4 rings (SSSR count). The van der Waals surface area contributed by atoms with E-state index in [2.05, 4.69) is 20.6 Å². The minimum atomic E-state index is -4.47. The number of nitrogens with zero attached hydrogens (tertiary/aromatic N) is 2. The lowest BCUT2D eigenvalue weighted by Crippen LogP contribution is -2.27. The Balaban J connectivity index is 0.00000324. The molecule has 2 heterocycles. The highest BCUT2D eigenvalue weighted by Crippen LogP contribution is 2.29. The van der Waals surface area contributed by atoms with Crippen molar-refractivity contribution in [3.05, 3.63) is 88.5 Å². The van der Waals surface area contributed by atoms with Gasteiger partial charge in [0, 0.05) is 25.6 Å². The summed E-state index contributed by atoms with van der Waals surface area (Å²) in [6, 6.07) is 11.6. The number of halogens is 4. The molecule has 0 saturated heterocycles. The Kier molecular flexibility index (Phi) is 7.72. The summed E-state index contributed by atoms with van der Waals surface area (Å²) in [7, 11) is 0. The maximum atomic E-state index is 12.8. The van der Waals surface area contributed by atoms with E-state index in [0.29, 0.717) is 6.61 Å². The highest BCUT2D eigenvalue weighted by molar-refractivity contribution is 5.97. The van der Waals surface area contributed by atoms with Gasteiger partial charge in [-0.05, 0) is 34.9 Å². The number of nitrogens with one attached hydrogen (secondary N) is 2. The van der Waals surface area contributed by atoms with Crippen LogP contribution in [0.2, 0.25) is 0 Å². The zero-order chi connectivity index (χ0) is 23.4. The van der Waals surface area contributed by atoms with Gasteiger partial charge < -0.3 is 15.4 Å². The molecule has 0 bridgehead atoms. The second kappa shape index (κ2) is 10.5. The van der Waals surface area contributed by atoms with Gasteiger partial charge in [-0.15, -0.1) is 12.4 Å². The van der Waals surface area contributed by atoms with Crippen molar-refractivity contribution in [3.8, 4) is 5.75 Å². The van der Waals surface area contributed by atoms with E-state index in [-0.39, 0.29) is 42.4 Å². The molecule has 0 spiro atoms. The molecule has 7 nitrogen and oxygen atoms in total. The number of fused-ring (bicyclic) bond motifs is 1. The Morgan fingerprint density at radius 1 is 0.912 bits per heavy atom. The molecule has 0 aliphatic carbocycles. The van der Waals surface area contributed by atoms with Crippen molar-refractivity contribution in [2.45, 2.75) is 25.7 Å². The molecule has 3 aromatic rings. The van der Waals surface area contributed by atoms with Gasteiger partial charge in [0.25, 0.3) is 11.8 Å². The monoisotopic (exact) mass is 492 g/mol. The van der Waals surface area contributed by atoms with Crippen LogP contribution < -0.4 is 15.4 Å². The van der Waals surface area contributed by atoms with Crippen molar-refractivity contribution in [1.82, 2.24) is 20.6 Å². The zero-order valence-corrected chi connectivity index (χ0v) is 18.5. The van der Waals surface area contributed by atoms with Crippen LogP contribution in [0.1, 0.15) is 43.2 Å². The molecule has 0 unspecified atom stereocenters. The van der Waals surface area contributed by atoms with Crippen molar-refractivity contribution in [1.29, 1.82) is 0 Å². The summed E-state index contributed by atoms with van der Waals surface area (Å²) >= 11 is 0. The number of carbonyl (C=O) groups excluding carboxylic acids is 2. The Hall–Kier alpha value is -3.66.